The largest absolute Gasteiger partial charge is 0.550 e. The second-order valence-electron chi connectivity index (χ2n) is 7.63. The smallest absolute Gasteiger partial charge is 0.139 e. The van der Waals surface area contributed by atoms with Crippen LogP contribution in [0, 0.1) is 5.41 Å². The van der Waals surface area contributed by atoms with Crippen molar-refractivity contribution in [3.05, 3.63) is 0 Å². The van der Waals surface area contributed by atoms with Crippen LogP contribution in [0.5, 0.6) is 0 Å². The zero-order valence-corrected chi connectivity index (χ0v) is 14.9. The second-order valence-corrected chi connectivity index (χ2v) is 7.63. The zero-order chi connectivity index (χ0) is 17.1. The van der Waals surface area contributed by atoms with E-state index in [2.05, 4.69) is 18.8 Å². The Hall–Kier alpha value is -1.19. The maximum absolute atomic E-state index is 11.7. The molecule has 132 valence electrons. The molecule has 0 heterocycles. The number of unbranched alkanes of at least 4 members (excludes halogenated alkanes) is 7. The van der Waals surface area contributed by atoms with Crippen LogP contribution >= 0.6 is 0 Å². The topological polar surface area (TPSA) is 69.6 Å². The van der Waals surface area contributed by atoms with Crippen molar-refractivity contribution in [2.75, 3.05) is 6.54 Å². The van der Waals surface area contributed by atoms with Gasteiger partial charge in [-0.05, 0) is 31.1 Å². The van der Waals surface area contributed by atoms with Crippen molar-refractivity contribution in [3.63, 3.8) is 0 Å². The van der Waals surface area contributed by atoms with E-state index in [9.17, 15) is 14.7 Å². The molecule has 4 heteroatoms. The first-order chi connectivity index (χ1) is 10.9. The Morgan fingerprint density at radius 1 is 1.00 bits per heavy atom. The standard InChI is InChI=1S/C19H33NO3/c1-19(2)14-16(13-17(21)15-19)20-12-10-8-6-4-3-5-7-9-11-18(22)23/h3-15H2,1-2H3,(H,22,23)/p-1. The molecule has 1 aliphatic carbocycles. The molecule has 0 aromatic carbocycles. The summed E-state index contributed by atoms with van der Waals surface area (Å²) in [5.74, 6) is -0.603. The lowest BCUT2D eigenvalue weighted by Gasteiger charge is -2.29. The van der Waals surface area contributed by atoms with Gasteiger partial charge in [0.05, 0.1) is 0 Å². The fourth-order valence-electron chi connectivity index (χ4n) is 3.29. The fourth-order valence-corrected chi connectivity index (χ4v) is 3.29. The summed E-state index contributed by atoms with van der Waals surface area (Å²) >= 11 is 0. The Bertz CT molecular complexity index is 413. The monoisotopic (exact) mass is 322 g/mol. The highest BCUT2D eigenvalue weighted by Gasteiger charge is 2.29. The van der Waals surface area contributed by atoms with Gasteiger partial charge in [-0.1, -0.05) is 52.4 Å². The molecule has 1 rings (SSSR count). The zero-order valence-electron chi connectivity index (χ0n) is 14.9. The molecule has 1 saturated carbocycles. The first-order valence-electron chi connectivity index (χ1n) is 9.13. The summed E-state index contributed by atoms with van der Waals surface area (Å²) in [7, 11) is 0. The predicted molar refractivity (Wildman–Crippen MR) is 91.5 cm³/mol. The van der Waals surface area contributed by atoms with E-state index in [4.69, 9.17) is 0 Å². The molecule has 0 radical (unpaired) electrons. The fraction of sp³-hybridized carbons (Fsp3) is 0.842. The third-order valence-electron chi connectivity index (χ3n) is 4.38. The van der Waals surface area contributed by atoms with Crippen LogP contribution in [0.2, 0.25) is 0 Å². The molecule has 0 aromatic heterocycles. The number of hydrogen-bond donors (Lipinski definition) is 0. The van der Waals surface area contributed by atoms with Gasteiger partial charge >= 0.3 is 0 Å². The van der Waals surface area contributed by atoms with E-state index in [1.165, 1.54) is 25.7 Å². The average molecular weight is 322 g/mol. The Labute approximate surface area is 140 Å². The van der Waals surface area contributed by atoms with Crippen molar-refractivity contribution in [1.29, 1.82) is 0 Å². The van der Waals surface area contributed by atoms with Crippen molar-refractivity contribution in [3.8, 4) is 0 Å². The maximum Gasteiger partial charge on any atom is 0.139 e. The van der Waals surface area contributed by atoms with E-state index in [1.807, 2.05) is 0 Å². The Kier molecular flexibility index (Phi) is 9.12. The Morgan fingerprint density at radius 2 is 1.57 bits per heavy atom. The lowest BCUT2D eigenvalue weighted by Crippen LogP contribution is -2.29. The summed E-state index contributed by atoms with van der Waals surface area (Å²) in [6, 6.07) is 0. The van der Waals surface area contributed by atoms with Gasteiger partial charge in [-0.25, -0.2) is 0 Å². The van der Waals surface area contributed by atoms with Crippen LogP contribution in [0.3, 0.4) is 0 Å². The molecule has 0 aromatic rings. The van der Waals surface area contributed by atoms with Crippen LogP contribution in [-0.4, -0.2) is 24.0 Å². The van der Waals surface area contributed by atoms with E-state index >= 15 is 0 Å². The van der Waals surface area contributed by atoms with Crippen LogP contribution in [0.4, 0.5) is 0 Å². The van der Waals surface area contributed by atoms with Gasteiger partial charge in [0.25, 0.3) is 0 Å². The van der Waals surface area contributed by atoms with Crippen LogP contribution in [0.1, 0.15) is 90.9 Å². The molecule has 0 spiro atoms. The van der Waals surface area contributed by atoms with Gasteiger partial charge in [-0.2, -0.15) is 0 Å². The number of Topliss-reactive ketones (excluding diaryl/α,β-unsaturated/α-hetero) is 1. The van der Waals surface area contributed by atoms with Gasteiger partial charge in [0.1, 0.15) is 5.78 Å². The van der Waals surface area contributed by atoms with E-state index in [1.54, 1.807) is 0 Å². The quantitative estimate of drug-likeness (QED) is 0.547. The molecule has 0 unspecified atom stereocenters. The molecule has 23 heavy (non-hydrogen) atoms. The van der Waals surface area contributed by atoms with E-state index in [0.717, 1.165) is 44.4 Å². The van der Waals surface area contributed by atoms with Gasteiger partial charge in [-0.15, -0.1) is 0 Å². The number of carboxylic acids is 1. The van der Waals surface area contributed by atoms with Crippen molar-refractivity contribution in [1.82, 2.24) is 0 Å². The highest BCUT2D eigenvalue weighted by Crippen LogP contribution is 2.31. The van der Waals surface area contributed by atoms with Gasteiger partial charge in [0, 0.05) is 31.1 Å². The number of aliphatic imine (C=N–C) groups is 1. The number of nitrogens with zero attached hydrogens (tertiary/aromatic N) is 1. The minimum absolute atomic E-state index is 0.0882. The summed E-state index contributed by atoms with van der Waals surface area (Å²) in [4.78, 5) is 26.6. The molecule has 0 N–H and O–H groups in total. The Balaban J connectivity index is 1.98. The number of aliphatic carboxylic acids is 1. The number of carbonyl (C=O) groups is 2. The van der Waals surface area contributed by atoms with Crippen molar-refractivity contribution in [2.24, 2.45) is 10.4 Å². The molecule has 0 saturated heterocycles. The maximum atomic E-state index is 11.7. The number of rotatable bonds is 11. The summed E-state index contributed by atoms with van der Waals surface area (Å²) < 4.78 is 0. The number of ketones is 1. The van der Waals surface area contributed by atoms with Crippen molar-refractivity contribution < 1.29 is 14.7 Å². The minimum Gasteiger partial charge on any atom is -0.550 e. The third kappa shape index (κ3) is 10.2. The summed E-state index contributed by atoms with van der Waals surface area (Å²) in [5.41, 5.74) is 1.18. The average Bonchev–Trinajstić information content (AvgIpc) is 2.42. The molecule has 1 aliphatic rings. The normalized spacial score (nSPS) is 19.2. The van der Waals surface area contributed by atoms with E-state index in [0.29, 0.717) is 18.6 Å². The van der Waals surface area contributed by atoms with E-state index < -0.39 is 5.97 Å². The second kappa shape index (κ2) is 10.6. The van der Waals surface area contributed by atoms with Crippen LogP contribution in [-0.2, 0) is 9.59 Å². The van der Waals surface area contributed by atoms with Gasteiger partial charge in [0.15, 0.2) is 0 Å². The highest BCUT2D eigenvalue weighted by molar-refractivity contribution is 6.04. The molecular formula is C19H32NO3-. The highest BCUT2D eigenvalue weighted by atomic mass is 16.4. The molecule has 0 aliphatic heterocycles. The van der Waals surface area contributed by atoms with Gasteiger partial charge in [-0.3, -0.25) is 9.79 Å². The summed E-state index contributed by atoms with van der Waals surface area (Å²) in [6.07, 6.45) is 11.2. The predicted octanol–water partition coefficient (Wildman–Crippen LogP) is 3.47. The third-order valence-corrected chi connectivity index (χ3v) is 4.38. The summed E-state index contributed by atoms with van der Waals surface area (Å²) in [5, 5.41) is 10.3. The van der Waals surface area contributed by atoms with Crippen LogP contribution < -0.4 is 5.11 Å². The number of carbonyl (C=O) groups excluding carboxylic acids is 2. The minimum atomic E-state index is -0.935. The molecule has 0 bridgehead atoms. The summed E-state index contributed by atoms with van der Waals surface area (Å²) in [6.45, 7) is 5.14. The van der Waals surface area contributed by atoms with Crippen LogP contribution in [0.15, 0.2) is 4.99 Å². The number of carboxylic acid groups (broad SMARTS) is 1. The van der Waals surface area contributed by atoms with Crippen molar-refractivity contribution >= 4 is 17.5 Å². The SMILES string of the molecule is CC1(C)CC(=O)CC(=NCCCCCCCCCCC(=O)[O-])C1. The lowest BCUT2D eigenvalue weighted by molar-refractivity contribution is -0.305. The molecular weight excluding hydrogens is 290 g/mol. The lowest BCUT2D eigenvalue weighted by atomic mass is 9.76. The number of hydrogen-bond acceptors (Lipinski definition) is 4. The molecule has 0 amide bonds. The van der Waals surface area contributed by atoms with Gasteiger partial charge in [0.2, 0.25) is 0 Å². The van der Waals surface area contributed by atoms with Crippen molar-refractivity contribution in [2.45, 2.75) is 90.9 Å². The molecule has 4 nitrogen and oxygen atoms in total. The van der Waals surface area contributed by atoms with Gasteiger partial charge < -0.3 is 9.90 Å². The molecule has 1 fully saturated rings. The first kappa shape index (κ1) is 19.9. The molecule has 0 atom stereocenters. The van der Waals surface area contributed by atoms with E-state index in [-0.39, 0.29) is 11.8 Å². The Morgan fingerprint density at radius 3 is 2.13 bits per heavy atom. The first-order valence-corrected chi connectivity index (χ1v) is 9.13. The van der Waals surface area contributed by atoms with Crippen LogP contribution in [0.25, 0.3) is 0 Å².